The topological polar surface area (TPSA) is 20.2 Å². The van der Waals surface area contributed by atoms with E-state index in [1.165, 1.54) is 5.56 Å². The van der Waals surface area contributed by atoms with Crippen LogP contribution in [0.2, 0.25) is 0 Å². The summed E-state index contributed by atoms with van der Waals surface area (Å²) in [6, 6.07) is 15.4. The van der Waals surface area contributed by atoms with E-state index < -0.39 is 0 Å². The summed E-state index contributed by atoms with van der Waals surface area (Å²) < 4.78 is 0. The van der Waals surface area contributed by atoms with Crippen molar-refractivity contribution < 1.29 is 5.11 Å². The Hall–Kier alpha value is -0.760. The summed E-state index contributed by atoms with van der Waals surface area (Å²) in [5, 5.41) is 9.69. The Morgan fingerprint density at radius 3 is 1.93 bits per heavy atom. The first kappa shape index (κ1) is 12.3. The summed E-state index contributed by atoms with van der Waals surface area (Å²) in [4.78, 5) is 0. The summed E-state index contributed by atoms with van der Waals surface area (Å²) in [7, 11) is 0. The van der Waals surface area contributed by atoms with E-state index in [0.717, 1.165) is 11.1 Å². The zero-order valence-corrected chi connectivity index (χ0v) is 8.07. The maximum absolute atomic E-state index is 9.69. The van der Waals surface area contributed by atoms with Crippen LogP contribution >= 0.6 is 0 Å². The van der Waals surface area contributed by atoms with Crippen LogP contribution in [0.25, 0.3) is 11.1 Å². The van der Waals surface area contributed by atoms with Crippen LogP contribution in [-0.2, 0) is 0 Å². The van der Waals surface area contributed by atoms with E-state index in [1.807, 2.05) is 49.4 Å². The average molecular weight is 208 g/mol. The van der Waals surface area contributed by atoms with Gasteiger partial charge in [-0.25, -0.2) is 0 Å². The molecule has 0 saturated carbocycles. The molecule has 0 aliphatic heterocycles. The molecule has 15 heavy (non-hydrogen) atoms. The van der Waals surface area contributed by atoms with Crippen LogP contribution in [0, 0.1) is 6.92 Å². The number of hydrogen-bond donors (Lipinski definition) is 1. The van der Waals surface area contributed by atoms with Crippen molar-refractivity contribution in [1.29, 1.82) is 0 Å². The first-order valence-electron chi connectivity index (χ1n) is 4.63. The molecule has 0 saturated heterocycles. The van der Waals surface area contributed by atoms with Crippen LogP contribution in [0.3, 0.4) is 0 Å². The number of aromatic hydroxyl groups is 1. The third-order valence-corrected chi connectivity index (χ3v) is 2.34. The SMILES string of the molecule is Cc1ccccc1-c1ccccc1O.[NaH]. The second-order valence-electron chi connectivity index (χ2n) is 3.33. The van der Waals surface area contributed by atoms with Crippen LogP contribution in [0.4, 0.5) is 0 Å². The zero-order chi connectivity index (χ0) is 9.97. The van der Waals surface area contributed by atoms with Crippen molar-refractivity contribution in [2.24, 2.45) is 0 Å². The van der Waals surface area contributed by atoms with Crippen LogP contribution in [0.15, 0.2) is 48.5 Å². The van der Waals surface area contributed by atoms with Gasteiger partial charge >= 0.3 is 29.6 Å². The number of phenolic OH excluding ortho intramolecular Hbond substituents is 1. The van der Waals surface area contributed by atoms with Crippen LogP contribution in [-0.4, -0.2) is 34.7 Å². The molecular weight excluding hydrogens is 195 g/mol. The Kier molecular flexibility index (Phi) is 4.40. The summed E-state index contributed by atoms with van der Waals surface area (Å²) in [6.45, 7) is 2.04. The predicted molar refractivity (Wildman–Crippen MR) is 65.4 cm³/mol. The van der Waals surface area contributed by atoms with Gasteiger partial charge in [0.1, 0.15) is 5.75 Å². The molecular formula is C13H13NaO. The van der Waals surface area contributed by atoms with Crippen molar-refractivity contribution >= 4 is 29.6 Å². The van der Waals surface area contributed by atoms with Crippen molar-refractivity contribution in [3.05, 3.63) is 54.1 Å². The van der Waals surface area contributed by atoms with Gasteiger partial charge in [0.25, 0.3) is 0 Å². The fraction of sp³-hybridized carbons (Fsp3) is 0.0769. The molecule has 2 aromatic rings. The number of hydrogen-bond acceptors (Lipinski definition) is 1. The second-order valence-corrected chi connectivity index (χ2v) is 3.33. The van der Waals surface area contributed by atoms with Crippen LogP contribution in [0.5, 0.6) is 5.75 Å². The molecule has 0 spiro atoms. The van der Waals surface area contributed by atoms with Crippen molar-refractivity contribution in [3.63, 3.8) is 0 Å². The first-order chi connectivity index (χ1) is 6.79. The molecule has 0 amide bonds. The minimum atomic E-state index is 0. The number of para-hydroxylation sites is 1. The molecule has 0 heterocycles. The van der Waals surface area contributed by atoms with Crippen LogP contribution in [0.1, 0.15) is 5.56 Å². The molecule has 1 nitrogen and oxygen atoms in total. The van der Waals surface area contributed by atoms with Crippen LogP contribution < -0.4 is 0 Å². The molecule has 0 aromatic heterocycles. The summed E-state index contributed by atoms with van der Waals surface area (Å²) in [6.07, 6.45) is 0. The number of rotatable bonds is 1. The Morgan fingerprint density at radius 2 is 1.33 bits per heavy atom. The van der Waals surface area contributed by atoms with E-state index in [4.69, 9.17) is 0 Å². The molecule has 2 heteroatoms. The quantitative estimate of drug-likeness (QED) is 0.714. The third kappa shape index (κ3) is 2.63. The Bertz CT molecular complexity index is 408. The summed E-state index contributed by atoms with van der Waals surface area (Å²) >= 11 is 0. The van der Waals surface area contributed by atoms with Gasteiger partial charge < -0.3 is 5.11 Å². The van der Waals surface area contributed by atoms with E-state index in [0.29, 0.717) is 5.75 Å². The van der Waals surface area contributed by atoms with Gasteiger partial charge in [0.15, 0.2) is 0 Å². The van der Waals surface area contributed by atoms with Crippen molar-refractivity contribution in [1.82, 2.24) is 0 Å². The molecule has 0 atom stereocenters. The molecule has 1 N–H and O–H groups in total. The standard InChI is InChI=1S/C13H12O.Na.H/c1-10-6-2-3-7-11(10)12-8-4-5-9-13(12)14;;/h2-9,14H,1H3;;. The molecule has 0 aliphatic rings. The van der Waals surface area contributed by atoms with Gasteiger partial charge in [-0.1, -0.05) is 42.5 Å². The van der Waals surface area contributed by atoms with E-state index in [2.05, 4.69) is 0 Å². The molecule has 2 aromatic carbocycles. The van der Waals surface area contributed by atoms with Crippen molar-refractivity contribution in [2.75, 3.05) is 0 Å². The van der Waals surface area contributed by atoms with Gasteiger partial charge in [0.05, 0.1) is 0 Å². The third-order valence-electron chi connectivity index (χ3n) is 2.34. The minimum absolute atomic E-state index is 0. The van der Waals surface area contributed by atoms with Crippen molar-refractivity contribution in [3.8, 4) is 16.9 Å². The molecule has 72 valence electrons. The van der Waals surface area contributed by atoms with Gasteiger partial charge in [-0.3, -0.25) is 0 Å². The van der Waals surface area contributed by atoms with Gasteiger partial charge in [0, 0.05) is 5.56 Å². The van der Waals surface area contributed by atoms with Gasteiger partial charge in [0.2, 0.25) is 0 Å². The van der Waals surface area contributed by atoms with Crippen molar-refractivity contribution in [2.45, 2.75) is 6.92 Å². The average Bonchev–Trinajstić information content (AvgIpc) is 2.20. The predicted octanol–water partition coefficient (Wildman–Crippen LogP) is 2.72. The molecule has 0 aliphatic carbocycles. The Labute approximate surface area is 112 Å². The Morgan fingerprint density at radius 1 is 0.800 bits per heavy atom. The molecule has 0 bridgehead atoms. The number of aryl methyl sites for hydroxylation is 1. The monoisotopic (exact) mass is 208 g/mol. The molecule has 0 fully saturated rings. The molecule has 0 unspecified atom stereocenters. The number of phenols is 1. The summed E-state index contributed by atoms with van der Waals surface area (Å²) in [5.74, 6) is 0.335. The first-order valence-corrected chi connectivity index (χ1v) is 4.63. The normalized spacial score (nSPS) is 9.40. The van der Waals surface area contributed by atoms with E-state index in [1.54, 1.807) is 6.07 Å². The van der Waals surface area contributed by atoms with Gasteiger partial charge in [-0.05, 0) is 24.1 Å². The molecule has 2 rings (SSSR count). The van der Waals surface area contributed by atoms with Gasteiger partial charge in [-0.15, -0.1) is 0 Å². The molecule has 0 radical (unpaired) electrons. The zero-order valence-electron chi connectivity index (χ0n) is 8.07. The fourth-order valence-electron chi connectivity index (χ4n) is 1.58. The van der Waals surface area contributed by atoms with E-state index in [-0.39, 0.29) is 29.6 Å². The second kappa shape index (κ2) is 5.36. The number of benzene rings is 2. The maximum atomic E-state index is 9.69. The fourth-order valence-corrected chi connectivity index (χ4v) is 1.58. The van der Waals surface area contributed by atoms with E-state index in [9.17, 15) is 5.11 Å². The van der Waals surface area contributed by atoms with Gasteiger partial charge in [-0.2, -0.15) is 0 Å². The summed E-state index contributed by atoms with van der Waals surface area (Å²) in [5.41, 5.74) is 3.16. The van der Waals surface area contributed by atoms with E-state index >= 15 is 0 Å². The Balaban J connectivity index is 0.00000112.